The number of aryl methyl sites for hydroxylation is 1. The number of hydrogen-bond donors (Lipinski definition) is 2. The van der Waals surface area contributed by atoms with Gasteiger partial charge >= 0.3 is 0 Å². The van der Waals surface area contributed by atoms with Crippen molar-refractivity contribution in [3.8, 4) is 5.75 Å². The van der Waals surface area contributed by atoms with Crippen molar-refractivity contribution in [3.05, 3.63) is 46.4 Å². The maximum absolute atomic E-state index is 11.9. The van der Waals surface area contributed by atoms with Gasteiger partial charge in [-0.15, -0.1) is 0 Å². The van der Waals surface area contributed by atoms with Gasteiger partial charge in [-0.3, -0.25) is 14.6 Å². The van der Waals surface area contributed by atoms with E-state index in [9.17, 15) is 4.79 Å². The van der Waals surface area contributed by atoms with E-state index in [0.29, 0.717) is 18.8 Å². The van der Waals surface area contributed by atoms with Gasteiger partial charge in [0.2, 0.25) is 0 Å². The summed E-state index contributed by atoms with van der Waals surface area (Å²) < 4.78 is 7.15. The second-order valence-electron chi connectivity index (χ2n) is 5.07. The van der Waals surface area contributed by atoms with Gasteiger partial charge in [-0.1, -0.05) is 32.0 Å². The molecule has 20 heavy (non-hydrogen) atoms. The van der Waals surface area contributed by atoms with E-state index in [0.717, 1.165) is 17.9 Å². The van der Waals surface area contributed by atoms with E-state index < -0.39 is 0 Å². The van der Waals surface area contributed by atoms with Crippen LogP contribution in [0.1, 0.15) is 31.9 Å². The predicted molar refractivity (Wildman–Crippen MR) is 80.1 cm³/mol. The molecule has 5 nitrogen and oxygen atoms in total. The van der Waals surface area contributed by atoms with Crippen LogP contribution in [-0.4, -0.2) is 16.4 Å². The molecule has 1 aromatic carbocycles. The van der Waals surface area contributed by atoms with Crippen LogP contribution >= 0.6 is 0 Å². The number of nitrogens with zero attached hydrogens (tertiary/aromatic N) is 1. The Morgan fingerprint density at radius 1 is 1.30 bits per heavy atom. The first-order valence-corrected chi connectivity index (χ1v) is 6.85. The molecule has 0 saturated heterocycles. The molecule has 0 aliphatic rings. The molecule has 0 aliphatic heterocycles. The zero-order valence-corrected chi connectivity index (χ0v) is 11.9. The first-order valence-electron chi connectivity index (χ1n) is 6.85. The number of nitrogen functional groups attached to an aromatic ring is 1. The van der Waals surface area contributed by atoms with E-state index in [1.807, 2.05) is 44.2 Å². The normalized spacial score (nSPS) is 10.9. The third kappa shape index (κ3) is 3.23. The summed E-state index contributed by atoms with van der Waals surface area (Å²) in [6.07, 6.45) is 0.742. The van der Waals surface area contributed by atoms with Gasteiger partial charge in [0.05, 0.1) is 12.3 Å². The molecule has 2 rings (SSSR count). The van der Waals surface area contributed by atoms with E-state index in [-0.39, 0.29) is 11.5 Å². The Morgan fingerprint density at radius 2 is 2.00 bits per heavy atom. The Labute approximate surface area is 118 Å². The summed E-state index contributed by atoms with van der Waals surface area (Å²) in [6, 6.07) is 9.63. The van der Waals surface area contributed by atoms with Gasteiger partial charge in [-0.2, -0.15) is 0 Å². The van der Waals surface area contributed by atoms with Crippen LogP contribution in [0, 0.1) is 0 Å². The lowest BCUT2D eigenvalue weighted by Crippen LogP contribution is -2.19. The molecule has 0 aliphatic carbocycles. The molecule has 1 heterocycles. The quantitative estimate of drug-likeness (QED) is 0.795. The van der Waals surface area contributed by atoms with Crippen LogP contribution in [0.3, 0.4) is 0 Å². The minimum Gasteiger partial charge on any atom is -0.494 e. The van der Waals surface area contributed by atoms with Gasteiger partial charge < -0.3 is 10.5 Å². The summed E-state index contributed by atoms with van der Waals surface area (Å²) in [5.41, 5.74) is 6.79. The van der Waals surface area contributed by atoms with Crippen LogP contribution < -0.4 is 16.0 Å². The standard InChI is InChI=1S/C15H21N3O2/c1-11(2)14-13(16)15(19)18(17-14)9-6-10-20-12-7-4-3-5-8-12/h3-5,7-8,11,17H,6,9-10,16H2,1-2H3. The zero-order chi connectivity index (χ0) is 14.5. The summed E-state index contributed by atoms with van der Waals surface area (Å²) >= 11 is 0. The highest BCUT2D eigenvalue weighted by Crippen LogP contribution is 2.15. The Bertz CT molecular complexity index is 599. The van der Waals surface area contributed by atoms with E-state index in [4.69, 9.17) is 10.5 Å². The lowest BCUT2D eigenvalue weighted by molar-refractivity contribution is 0.297. The first-order chi connectivity index (χ1) is 9.59. The molecule has 2 aromatic rings. The minimum absolute atomic E-state index is 0.145. The van der Waals surface area contributed by atoms with Crippen molar-refractivity contribution >= 4 is 5.69 Å². The fourth-order valence-electron chi connectivity index (χ4n) is 2.04. The smallest absolute Gasteiger partial charge is 0.289 e. The third-order valence-electron chi connectivity index (χ3n) is 3.14. The number of benzene rings is 1. The van der Waals surface area contributed by atoms with Gasteiger partial charge in [0.25, 0.3) is 5.56 Å². The number of anilines is 1. The summed E-state index contributed by atoms with van der Waals surface area (Å²) in [6.45, 7) is 5.14. The minimum atomic E-state index is -0.145. The van der Waals surface area contributed by atoms with E-state index in [2.05, 4.69) is 5.10 Å². The monoisotopic (exact) mass is 275 g/mol. The van der Waals surface area contributed by atoms with Crippen LogP contribution in [0.4, 0.5) is 5.69 Å². The molecule has 5 heteroatoms. The van der Waals surface area contributed by atoms with Gasteiger partial charge in [-0.25, -0.2) is 0 Å². The first kappa shape index (κ1) is 14.2. The second-order valence-corrected chi connectivity index (χ2v) is 5.07. The highest BCUT2D eigenvalue weighted by molar-refractivity contribution is 5.42. The second kappa shape index (κ2) is 6.32. The highest BCUT2D eigenvalue weighted by Gasteiger charge is 2.13. The Hall–Kier alpha value is -2.17. The molecule has 0 spiro atoms. The number of hydrogen-bond acceptors (Lipinski definition) is 3. The van der Waals surface area contributed by atoms with Crippen molar-refractivity contribution in [1.29, 1.82) is 0 Å². The van der Waals surface area contributed by atoms with Crippen LogP contribution in [-0.2, 0) is 6.54 Å². The average Bonchev–Trinajstić information content (AvgIpc) is 2.73. The Morgan fingerprint density at radius 3 is 2.60 bits per heavy atom. The predicted octanol–water partition coefficient (Wildman–Crippen LogP) is 2.35. The largest absolute Gasteiger partial charge is 0.494 e. The molecule has 0 radical (unpaired) electrons. The zero-order valence-electron chi connectivity index (χ0n) is 11.9. The topological polar surface area (TPSA) is 73.0 Å². The summed E-state index contributed by atoms with van der Waals surface area (Å²) in [4.78, 5) is 11.9. The number of aromatic nitrogens is 2. The Kier molecular flexibility index (Phi) is 4.50. The molecular formula is C15H21N3O2. The van der Waals surface area contributed by atoms with Crippen LogP contribution in [0.15, 0.2) is 35.1 Å². The van der Waals surface area contributed by atoms with Crippen molar-refractivity contribution in [2.24, 2.45) is 0 Å². The number of nitrogens with one attached hydrogen (secondary N) is 1. The molecule has 0 fully saturated rings. The SMILES string of the molecule is CC(C)c1[nH]n(CCCOc2ccccc2)c(=O)c1N. The maximum Gasteiger partial charge on any atom is 0.289 e. The number of ether oxygens (including phenoxy) is 1. The number of H-pyrrole nitrogens is 1. The van der Waals surface area contributed by atoms with Gasteiger partial charge in [0.1, 0.15) is 11.4 Å². The fourth-order valence-corrected chi connectivity index (χ4v) is 2.04. The highest BCUT2D eigenvalue weighted by atomic mass is 16.5. The van der Waals surface area contributed by atoms with Crippen molar-refractivity contribution in [2.75, 3.05) is 12.3 Å². The lowest BCUT2D eigenvalue weighted by Gasteiger charge is -2.06. The Balaban J connectivity index is 1.89. The molecule has 0 bridgehead atoms. The van der Waals surface area contributed by atoms with Gasteiger partial charge in [0.15, 0.2) is 0 Å². The van der Waals surface area contributed by atoms with E-state index >= 15 is 0 Å². The summed E-state index contributed by atoms with van der Waals surface area (Å²) in [5, 5.41) is 3.07. The van der Waals surface area contributed by atoms with Crippen molar-refractivity contribution in [1.82, 2.24) is 9.78 Å². The van der Waals surface area contributed by atoms with Crippen molar-refractivity contribution < 1.29 is 4.74 Å². The third-order valence-corrected chi connectivity index (χ3v) is 3.14. The molecule has 0 amide bonds. The van der Waals surface area contributed by atoms with E-state index in [1.54, 1.807) is 4.68 Å². The molecule has 1 aromatic heterocycles. The number of rotatable bonds is 6. The van der Waals surface area contributed by atoms with Crippen LogP contribution in [0.5, 0.6) is 5.75 Å². The number of nitrogens with two attached hydrogens (primary N) is 1. The molecule has 3 N–H and O–H groups in total. The van der Waals surface area contributed by atoms with Crippen molar-refractivity contribution in [3.63, 3.8) is 0 Å². The van der Waals surface area contributed by atoms with E-state index in [1.165, 1.54) is 0 Å². The molecular weight excluding hydrogens is 254 g/mol. The fraction of sp³-hybridized carbons (Fsp3) is 0.400. The van der Waals surface area contributed by atoms with Gasteiger partial charge in [-0.05, 0) is 18.1 Å². The summed E-state index contributed by atoms with van der Waals surface area (Å²) in [7, 11) is 0. The average molecular weight is 275 g/mol. The number of aromatic amines is 1. The summed E-state index contributed by atoms with van der Waals surface area (Å²) in [5.74, 6) is 1.05. The number of para-hydroxylation sites is 1. The molecule has 0 saturated carbocycles. The van der Waals surface area contributed by atoms with Crippen LogP contribution in [0.2, 0.25) is 0 Å². The molecule has 0 unspecified atom stereocenters. The molecule has 0 atom stereocenters. The lowest BCUT2D eigenvalue weighted by atomic mass is 10.1. The molecule has 108 valence electrons. The van der Waals surface area contributed by atoms with Crippen molar-refractivity contribution in [2.45, 2.75) is 32.7 Å². The van der Waals surface area contributed by atoms with Gasteiger partial charge in [0, 0.05) is 13.0 Å². The van der Waals surface area contributed by atoms with Crippen LogP contribution in [0.25, 0.3) is 0 Å². The maximum atomic E-state index is 11.9.